The van der Waals surface area contributed by atoms with E-state index in [0.717, 1.165) is 6.07 Å². The van der Waals surface area contributed by atoms with Crippen LogP contribution in [0.3, 0.4) is 0 Å². The summed E-state index contributed by atoms with van der Waals surface area (Å²) in [6, 6.07) is 8.18. The lowest BCUT2D eigenvalue weighted by Crippen LogP contribution is -2.15. The molecule has 2 aromatic carbocycles. The highest BCUT2D eigenvalue weighted by Crippen LogP contribution is 2.31. The van der Waals surface area contributed by atoms with Crippen molar-refractivity contribution in [1.82, 2.24) is 10.1 Å². The first-order valence-electron chi connectivity index (χ1n) is 8.37. The van der Waals surface area contributed by atoms with E-state index in [1.54, 1.807) is 25.3 Å². The summed E-state index contributed by atoms with van der Waals surface area (Å²) in [5, 5.41) is 6.31. The average Bonchev–Trinajstić information content (AvgIpc) is 3.18. The number of carbonyl (C=O) groups excluding carboxylic acids is 1. The number of anilines is 1. The number of ether oxygens (including phenoxy) is 2. The standard InChI is InChI=1S/C19H17F2N3O4S/c1-26-15-6-3-11(7-16(15)27-2)19-23-18(28-24-19)10-29-9-17(25)22-14-5-4-12(20)8-13(14)21/h3-8H,9-10H2,1-2H3,(H,22,25). The molecule has 0 aliphatic rings. The number of nitrogens with zero attached hydrogens (tertiary/aromatic N) is 2. The Morgan fingerprint density at radius 2 is 1.93 bits per heavy atom. The van der Waals surface area contributed by atoms with E-state index >= 15 is 0 Å². The first kappa shape index (κ1) is 20.6. The minimum Gasteiger partial charge on any atom is -0.493 e. The van der Waals surface area contributed by atoms with Crippen LogP contribution in [0, 0.1) is 11.6 Å². The molecule has 1 amide bonds. The number of halogens is 2. The fourth-order valence-corrected chi connectivity index (χ4v) is 3.07. The number of methoxy groups -OCH3 is 2. The van der Waals surface area contributed by atoms with Crippen molar-refractivity contribution >= 4 is 23.4 Å². The molecule has 0 aliphatic heterocycles. The van der Waals surface area contributed by atoms with Gasteiger partial charge in [-0.25, -0.2) is 8.78 Å². The minimum absolute atomic E-state index is 0.0326. The van der Waals surface area contributed by atoms with Crippen molar-refractivity contribution in [3.05, 3.63) is 53.9 Å². The predicted molar refractivity (Wildman–Crippen MR) is 104 cm³/mol. The van der Waals surface area contributed by atoms with Gasteiger partial charge in [0.05, 0.1) is 31.4 Å². The largest absolute Gasteiger partial charge is 0.493 e. The van der Waals surface area contributed by atoms with Crippen molar-refractivity contribution in [1.29, 1.82) is 0 Å². The van der Waals surface area contributed by atoms with Gasteiger partial charge in [-0.05, 0) is 30.3 Å². The molecule has 1 aromatic heterocycles. The van der Waals surface area contributed by atoms with Crippen LogP contribution in [0.25, 0.3) is 11.4 Å². The Kier molecular flexibility index (Phi) is 6.65. The maximum Gasteiger partial charge on any atom is 0.236 e. The van der Waals surface area contributed by atoms with Gasteiger partial charge >= 0.3 is 0 Å². The summed E-state index contributed by atoms with van der Waals surface area (Å²) in [5.74, 6) is 0.177. The van der Waals surface area contributed by atoms with Gasteiger partial charge in [0, 0.05) is 11.6 Å². The Balaban J connectivity index is 1.55. The van der Waals surface area contributed by atoms with Crippen LogP contribution in [-0.2, 0) is 10.5 Å². The molecule has 0 bridgehead atoms. The molecule has 0 atom stereocenters. The van der Waals surface area contributed by atoms with E-state index in [9.17, 15) is 13.6 Å². The lowest BCUT2D eigenvalue weighted by atomic mass is 10.2. The van der Waals surface area contributed by atoms with Gasteiger partial charge in [-0.2, -0.15) is 4.98 Å². The van der Waals surface area contributed by atoms with E-state index in [1.807, 2.05) is 0 Å². The monoisotopic (exact) mass is 421 g/mol. The van der Waals surface area contributed by atoms with Gasteiger partial charge in [-0.15, -0.1) is 11.8 Å². The highest BCUT2D eigenvalue weighted by atomic mass is 32.2. The number of amides is 1. The van der Waals surface area contributed by atoms with E-state index in [0.29, 0.717) is 40.6 Å². The molecule has 0 unspecified atom stereocenters. The third kappa shape index (κ3) is 5.23. The molecule has 1 N–H and O–H groups in total. The van der Waals surface area contributed by atoms with E-state index in [2.05, 4.69) is 15.5 Å². The number of benzene rings is 2. The molecule has 0 fully saturated rings. The number of aromatic nitrogens is 2. The predicted octanol–water partition coefficient (Wildman–Crippen LogP) is 3.90. The van der Waals surface area contributed by atoms with Crippen LogP contribution in [0.5, 0.6) is 11.5 Å². The molecule has 152 valence electrons. The van der Waals surface area contributed by atoms with Crippen molar-refractivity contribution in [2.24, 2.45) is 0 Å². The Morgan fingerprint density at radius 3 is 2.66 bits per heavy atom. The fraction of sp³-hybridized carbons (Fsp3) is 0.211. The molecule has 0 radical (unpaired) electrons. The summed E-state index contributed by atoms with van der Waals surface area (Å²) < 4.78 is 42.1. The summed E-state index contributed by atoms with van der Waals surface area (Å²) in [6.45, 7) is 0. The van der Waals surface area contributed by atoms with Crippen LogP contribution >= 0.6 is 11.8 Å². The minimum atomic E-state index is -0.834. The number of nitrogens with one attached hydrogen (secondary N) is 1. The number of carbonyl (C=O) groups is 1. The van der Waals surface area contributed by atoms with Gasteiger partial charge < -0.3 is 19.3 Å². The highest BCUT2D eigenvalue weighted by molar-refractivity contribution is 7.99. The summed E-state index contributed by atoms with van der Waals surface area (Å²) in [5.41, 5.74) is 0.609. The molecular formula is C19H17F2N3O4S. The molecule has 0 saturated carbocycles. The molecule has 0 spiro atoms. The van der Waals surface area contributed by atoms with Crippen LogP contribution in [0.2, 0.25) is 0 Å². The maximum atomic E-state index is 13.6. The number of hydrogen-bond donors (Lipinski definition) is 1. The molecular weight excluding hydrogens is 404 g/mol. The average molecular weight is 421 g/mol. The van der Waals surface area contributed by atoms with Crippen LogP contribution in [-0.4, -0.2) is 36.0 Å². The van der Waals surface area contributed by atoms with Crippen molar-refractivity contribution in [3.63, 3.8) is 0 Å². The third-order valence-corrected chi connectivity index (χ3v) is 4.69. The maximum absolute atomic E-state index is 13.6. The molecule has 3 rings (SSSR count). The van der Waals surface area contributed by atoms with E-state index < -0.39 is 17.5 Å². The van der Waals surface area contributed by atoms with Crippen molar-refractivity contribution < 1.29 is 27.6 Å². The van der Waals surface area contributed by atoms with Gasteiger partial charge in [0.2, 0.25) is 17.6 Å². The molecule has 29 heavy (non-hydrogen) atoms. The Bertz CT molecular complexity index is 1010. The van der Waals surface area contributed by atoms with E-state index in [4.69, 9.17) is 14.0 Å². The molecule has 7 nitrogen and oxygen atoms in total. The Morgan fingerprint density at radius 1 is 1.14 bits per heavy atom. The van der Waals surface area contributed by atoms with Crippen LogP contribution in [0.15, 0.2) is 40.9 Å². The molecule has 1 heterocycles. The lowest BCUT2D eigenvalue weighted by molar-refractivity contribution is -0.113. The van der Waals surface area contributed by atoms with Crippen molar-refractivity contribution in [2.75, 3.05) is 25.3 Å². The zero-order valence-corrected chi connectivity index (χ0v) is 16.4. The number of rotatable bonds is 8. The first-order valence-corrected chi connectivity index (χ1v) is 9.53. The molecule has 10 heteroatoms. The number of thioether (sulfide) groups is 1. The highest BCUT2D eigenvalue weighted by Gasteiger charge is 2.13. The van der Waals surface area contributed by atoms with E-state index in [-0.39, 0.29) is 11.4 Å². The summed E-state index contributed by atoms with van der Waals surface area (Å²) in [7, 11) is 3.07. The van der Waals surface area contributed by atoms with Crippen molar-refractivity contribution in [2.45, 2.75) is 5.75 Å². The van der Waals surface area contributed by atoms with Gasteiger partial charge in [0.1, 0.15) is 11.6 Å². The topological polar surface area (TPSA) is 86.5 Å². The third-order valence-electron chi connectivity index (χ3n) is 3.77. The van der Waals surface area contributed by atoms with Gasteiger partial charge in [-0.3, -0.25) is 4.79 Å². The van der Waals surface area contributed by atoms with Gasteiger partial charge in [0.25, 0.3) is 0 Å². The van der Waals surface area contributed by atoms with Crippen LogP contribution in [0.1, 0.15) is 5.89 Å². The number of hydrogen-bond acceptors (Lipinski definition) is 7. The molecule has 0 saturated heterocycles. The normalized spacial score (nSPS) is 10.6. The molecule has 0 aliphatic carbocycles. The first-order chi connectivity index (χ1) is 14.0. The van der Waals surface area contributed by atoms with Crippen LogP contribution < -0.4 is 14.8 Å². The second-order valence-electron chi connectivity index (χ2n) is 5.75. The smallest absolute Gasteiger partial charge is 0.236 e. The summed E-state index contributed by atoms with van der Waals surface area (Å²) in [4.78, 5) is 16.2. The van der Waals surface area contributed by atoms with Crippen molar-refractivity contribution in [3.8, 4) is 22.9 Å². The zero-order valence-electron chi connectivity index (χ0n) is 15.6. The zero-order chi connectivity index (χ0) is 20.8. The second-order valence-corrected chi connectivity index (χ2v) is 6.73. The quantitative estimate of drug-likeness (QED) is 0.590. The Hall–Kier alpha value is -3.14. The van der Waals surface area contributed by atoms with E-state index in [1.165, 1.54) is 24.9 Å². The lowest BCUT2D eigenvalue weighted by Gasteiger charge is -2.07. The summed E-state index contributed by atoms with van der Waals surface area (Å²) in [6.07, 6.45) is 0. The van der Waals surface area contributed by atoms with Gasteiger partial charge in [0.15, 0.2) is 11.5 Å². The van der Waals surface area contributed by atoms with Crippen LogP contribution in [0.4, 0.5) is 14.5 Å². The summed E-state index contributed by atoms with van der Waals surface area (Å²) >= 11 is 1.22. The molecule has 3 aromatic rings. The van der Waals surface area contributed by atoms with Gasteiger partial charge in [-0.1, -0.05) is 5.16 Å². The fourth-order valence-electron chi connectivity index (χ4n) is 2.41. The second kappa shape index (κ2) is 9.37. The Labute approximate surface area is 169 Å². The SMILES string of the molecule is COc1ccc(-c2noc(CSCC(=O)Nc3ccc(F)cc3F)n2)cc1OC.